The molecule has 2 aliphatic rings. The molecule has 0 saturated carbocycles. The Labute approximate surface area is 279 Å². The van der Waals surface area contributed by atoms with Crippen LogP contribution >= 0.6 is 15.2 Å². The van der Waals surface area contributed by atoms with Gasteiger partial charge in [0.15, 0.2) is 35.8 Å². The highest BCUT2D eigenvalue weighted by Crippen LogP contribution is 2.57. The first-order valence-corrected chi connectivity index (χ1v) is 18.7. The van der Waals surface area contributed by atoms with Gasteiger partial charge in [-0.05, 0) is 46.5 Å². The number of ether oxygens (including phenoxy) is 2. The molecule has 0 spiro atoms. The lowest BCUT2D eigenvalue weighted by Gasteiger charge is -2.28. The fourth-order valence-corrected chi connectivity index (χ4v) is 8.81. The molecule has 6 heterocycles. The zero-order chi connectivity index (χ0) is 34.6. The van der Waals surface area contributed by atoms with E-state index in [2.05, 4.69) is 29.9 Å². The van der Waals surface area contributed by atoms with Crippen LogP contribution in [0.15, 0.2) is 22.2 Å². The van der Waals surface area contributed by atoms with Crippen LogP contribution in [0, 0.1) is 0 Å². The summed E-state index contributed by atoms with van der Waals surface area (Å²) in [6, 6.07) is 0. The maximum Gasteiger partial charge on any atom is 0.359 e. The summed E-state index contributed by atoms with van der Waals surface area (Å²) in [6.07, 6.45) is 4.63. The summed E-state index contributed by atoms with van der Waals surface area (Å²) < 4.78 is 55.0. The third kappa shape index (κ3) is 8.62. The van der Waals surface area contributed by atoms with Crippen molar-refractivity contribution in [3.05, 3.63) is 33.4 Å². The number of H-pyrrole nitrogens is 2. The van der Waals surface area contributed by atoms with E-state index in [1.165, 1.54) is 12.7 Å². The number of aromatic nitrogens is 8. The Morgan fingerprint density at radius 1 is 0.796 bits per heavy atom. The van der Waals surface area contributed by atoms with Gasteiger partial charge in [0, 0.05) is 0 Å². The number of rotatable bonds is 12. The first-order valence-electron chi connectivity index (χ1n) is 15.4. The molecule has 1 unspecified atom stereocenters. The molecule has 2 aliphatic heterocycles. The molecule has 5 atom stereocenters. The number of aromatic amines is 2. The van der Waals surface area contributed by atoms with Crippen molar-refractivity contribution in [1.82, 2.24) is 45.2 Å². The maximum atomic E-state index is 12.8. The highest BCUT2D eigenvalue weighted by Gasteiger charge is 2.42. The lowest BCUT2D eigenvalue weighted by molar-refractivity contribution is -0.209. The van der Waals surface area contributed by atoms with Crippen LogP contribution in [0.4, 0.5) is 11.9 Å². The van der Waals surface area contributed by atoms with Crippen molar-refractivity contribution in [2.45, 2.75) is 83.4 Å². The fourth-order valence-electron chi connectivity index (χ4n) is 5.58. The molecule has 49 heavy (non-hydrogen) atoms. The Morgan fingerprint density at radius 3 is 1.67 bits per heavy atom. The van der Waals surface area contributed by atoms with E-state index in [1.54, 1.807) is 29.9 Å². The first kappa shape index (κ1) is 38.3. The summed E-state index contributed by atoms with van der Waals surface area (Å²) in [5.74, 6) is -1.51. The molecule has 4 aromatic rings. The van der Waals surface area contributed by atoms with Crippen LogP contribution in [0.3, 0.4) is 0 Å². The Morgan fingerprint density at radius 2 is 1.22 bits per heavy atom. The summed E-state index contributed by atoms with van der Waals surface area (Å²) in [5, 5.41) is 0. The zero-order valence-corrected chi connectivity index (χ0v) is 29.4. The molecule has 23 heteroatoms. The molecule has 0 bridgehead atoms. The summed E-state index contributed by atoms with van der Waals surface area (Å²) in [7, 11) is -7.31. The minimum atomic E-state index is -4.02. The van der Waals surface area contributed by atoms with Gasteiger partial charge in [-0.15, -0.1) is 0 Å². The van der Waals surface area contributed by atoms with E-state index in [1.807, 2.05) is 0 Å². The summed E-state index contributed by atoms with van der Waals surface area (Å²) >= 11 is 0. The molecule has 2 saturated heterocycles. The second-order valence-corrected chi connectivity index (χ2v) is 15.0. The predicted octanol–water partition coefficient (Wildman–Crippen LogP) is 1.65. The maximum absolute atomic E-state index is 12.8. The number of hydrogen-bond donors (Lipinski definition) is 5. The SMILES string of the molecule is CCOP(=O)(OCC)[C@@H]1CC[C@@H](Cn2cnc3c(=O)[nH]c(N)nc32)O1.CCOP(=O)([O-])[C@@H]1CC[C@@H](Cn2cnc3c(=O)[nH]c(N)nc32)O1.[NH4+]. The lowest BCUT2D eigenvalue weighted by atomic mass is 10.2. The summed E-state index contributed by atoms with van der Waals surface area (Å²) in [4.78, 5) is 56.5. The highest BCUT2D eigenvalue weighted by atomic mass is 31.2. The molecule has 4 aromatic heterocycles. The van der Waals surface area contributed by atoms with E-state index in [0.29, 0.717) is 63.3 Å². The normalized spacial score (nSPS) is 22.1. The summed E-state index contributed by atoms with van der Waals surface area (Å²) in [5.41, 5.74) is 11.5. The van der Waals surface area contributed by atoms with Gasteiger partial charge in [0.05, 0.1) is 57.8 Å². The average Bonchev–Trinajstić information content (AvgIpc) is 3.83. The molecule has 10 N–H and O–H groups in total. The van der Waals surface area contributed by atoms with Gasteiger partial charge in [-0.1, -0.05) is 0 Å². The van der Waals surface area contributed by atoms with Crippen LogP contribution in [0.2, 0.25) is 0 Å². The monoisotopic (exact) mass is 731 g/mol. The second kappa shape index (κ2) is 16.0. The second-order valence-electron chi connectivity index (χ2n) is 11.0. The topological polar surface area (TPSA) is 319 Å². The minimum absolute atomic E-state index is 0. The highest BCUT2D eigenvalue weighted by molar-refractivity contribution is 7.54. The smallest absolute Gasteiger partial charge is 0.359 e. The number of nitrogens with zero attached hydrogens (tertiary/aromatic N) is 6. The van der Waals surface area contributed by atoms with Gasteiger partial charge in [0.2, 0.25) is 11.9 Å². The number of quaternary nitrogens is 1. The van der Waals surface area contributed by atoms with Gasteiger partial charge in [-0.25, -0.2) is 9.97 Å². The fraction of sp³-hybridized carbons (Fsp3) is 0.615. The number of fused-ring (bicyclic) bond motifs is 2. The number of anilines is 2. The van der Waals surface area contributed by atoms with Gasteiger partial charge < -0.3 is 59.3 Å². The van der Waals surface area contributed by atoms with Crippen LogP contribution in [0.5, 0.6) is 0 Å². The Hall–Kier alpha value is -3.52. The lowest BCUT2D eigenvalue weighted by Crippen LogP contribution is -2.22. The number of imidazole rings is 2. The minimum Gasteiger partial charge on any atom is -0.777 e. The molecule has 6 rings (SSSR count). The van der Waals surface area contributed by atoms with Crippen molar-refractivity contribution in [3.8, 4) is 0 Å². The Kier molecular flexibility index (Phi) is 12.5. The summed E-state index contributed by atoms with van der Waals surface area (Å²) in [6.45, 7) is 6.56. The molecule has 0 amide bonds. The third-order valence-electron chi connectivity index (χ3n) is 7.59. The first-order chi connectivity index (χ1) is 22.9. The Bertz CT molecular complexity index is 1940. The predicted molar refractivity (Wildman–Crippen MR) is 177 cm³/mol. The molecular formula is C26H43N11O10P2. The number of nitrogens with one attached hydrogen (secondary N) is 2. The van der Waals surface area contributed by atoms with Crippen molar-refractivity contribution < 1.29 is 37.1 Å². The molecule has 0 aromatic carbocycles. The largest absolute Gasteiger partial charge is 0.777 e. The van der Waals surface area contributed by atoms with E-state index in [-0.39, 0.29) is 53.5 Å². The van der Waals surface area contributed by atoms with Crippen molar-refractivity contribution in [2.24, 2.45) is 0 Å². The van der Waals surface area contributed by atoms with E-state index < -0.39 is 32.4 Å². The third-order valence-corrected chi connectivity index (χ3v) is 11.6. The van der Waals surface area contributed by atoms with Crippen LogP contribution < -0.4 is 33.6 Å². The molecule has 2 fully saturated rings. The van der Waals surface area contributed by atoms with Crippen LogP contribution in [-0.4, -0.2) is 82.8 Å². The molecule has 272 valence electrons. The molecule has 21 nitrogen and oxygen atoms in total. The molecule has 0 aliphatic carbocycles. The van der Waals surface area contributed by atoms with Crippen molar-refractivity contribution in [3.63, 3.8) is 0 Å². The van der Waals surface area contributed by atoms with Crippen molar-refractivity contribution >= 4 is 49.4 Å². The standard InChI is InChI=1S/C14H22N5O5P.C12H18N5O5P.H3N/c1-3-22-25(21,23-4-2)10-6-5-9(24-10)7-19-8-16-11-12(19)17-14(15)18-13(11)20;1-2-21-23(19,20)8-4-3-7(22-8)5-17-6-14-9-10(17)15-12(13)16-11(9)18;/h8-10H,3-7H2,1-2H3,(H3,15,17,18,20);6-8H,2-5H2,1H3,(H,19,20)(H3,13,15,16,18);1H3/t9-,10+;7-,8+;/m00./s1. The number of nitrogens with two attached hydrogens (primary N) is 2. The number of nitrogen functional groups attached to an aromatic ring is 2. The van der Waals surface area contributed by atoms with E-state index in [4.69, 9.17) is 34.5 Å². The van der Waals surface area contributed by atoms with E-state index >= 15 is 0 Å². The van der Waals surface area contributed by atoms with Gasteiger partial charge in [0.25, 0.3) is 11.1 Å². The quantitative estimate of drug-likeness (QED) is 0.129. The van der Waals surface area contributed by atoms with Crippen molar-refractivity contribution in [1.29, 1.82) is 0 Å². The van der Waals surface area contributed by atoms with E-state index in [9.17, 15) is 23.6 Å². The molecule has 0 radical (unpaired) electrons. The van der Waals surface area contributed by atoms with E-state index in [0.717, 1.165) is 0 Å². The average molecular weight is 732 g/mol. The van der Waals surface area contributed by atoms with Crippen LogP contribution in [0.25, 0.3) is 22.3 Å². The Balaban J connectivity index is 0.000000217. The molecular weight excluding hydrogens is 688 g/mol. The van der Waals surface area contributed by atoms with Gasteiger partial charge in [-0.3, -0.25) is 24.1 Å². The van der Waals surface area contributed by atoms with Crippen LogP contribution in [0.1, 0.15) is 46.5 Å². The van der Waals surface area contributed by atoms with Gasteiger partial charge in [-0.2, -0.15) is 9.97 Å². The van der Waals surface area contributed by atoms with Gasteiger partial charge >= 0.3 is 7.60 Å². The van der Waals surface area contributed by atoms with Crippen molar-refractivity contribution in [2.75, 3.05) is 31.3 Å². The number of hydrogen-bond acceptors (Lipinski definition) is 16. The zero-order valence-electron chi connectivity index (χ0n) is 27.6. The van der Waals surface area contributed by atoms with Crippen LogP contribution in [-0.2, 0) is 45.3 Å². The van der Waals surface area contributed by atoms with Gasteiger partial charge in [0.1, 0.15) is 5.85 Å².